The van der Waals surface area contributed by atoms with Crippen LogP contribution in [0.5, 0.6) is 0 Å². The summed E-state index contributed by atoms with van der Waals surface area (Å²) in [4.78, 5) is 28.5. The minimum absolute atomic E-state index is 0.328. The van der Waals surface area contributed by atoms with E-state index in [1.807, 2.05) is 6.92 Å². The summed E-state index contributed by atoms with van der Waals surface area (Å²) in [7, 11) is 1.31. The van der Waals surface area contributed by atoms with Gasteiger partial charge in [0.05, 0.1) is 12.7 Å². The van der Waals surface area contributed by atoms with Crippen LogP contribution in [-0.2, 0) is 4.74 Å². The van der Waals surface area contributed by atoms with Crippen LogP contribution in [0.25, 0.3) is 0 Å². The molecule has 6 nitrogen and oxygen atoms in total. The summed E-state index contributed by atoms with van der Waals surface area (Å²) in [6, 6.07) is 8.64. The van der Waals surface area contributed by atoms with Gasteiger partial charge in [-0.2, -0.15) is 0 Å². The molecule has 2 N–H and O–H groups in total. The third kappa shape index (κ3) is 3.85. The molecule has 0 aliphatic rings. The number of hydrogen-bond acceptors (Lipinski definition) is 5. The van der Waals surface area contributed by atoms with Crippen LogP contribution in [0.2, 0.25) is 0 Å². The lowest BCUT2D eigenvalue weighted by atomic mass is 10.00. The number of hydrogen-bond donors (Lipinski definition) is 2. The number of aromatic nitrogens is 1. The normalized spacial score (nSPS) is 10.0. The Bertz CT molecular complexity index is 715. The third-order valence-corrected chi connectivity index (χ3v) is 3.35. The molecule has 0 bridgehead atoms. The number of carbonyl (C=O) groups is 2. The molecule has 0 saturated carbocycles. The third-order valence-electron chi connectivity index (χ3n) is 3.35. The van der Waals surface area contributed by atoms with Gasteiger partial charge in [-0.05, 0) is 43.7 Å². The highest BCUT2D eigenvalue weighted by molar-refractivity contribution is 6.07. The van der Waals surface area contributed by atoms with Crippen LogP contribution in [-0.4, -0.2) is 30.5 Å². The number of anilines is 2. The van der Waals surface area contributed by atoms with Gasteiger partial charge in [-0.15, -0.1) is 0 Å². The molecule has 0 aliphatic carbocycles. The molecule has 0 radical (unpaired) electrons. The predicted octanol–water partition coefficient (Wildman–Crippen LogP) is 2.86. The van der Waals surface area contributed by atoms with E-state index in [4.69, 9.17) is 4.74 Å². The second kappa shape index (κ2) is 7.40. The Balaban J connectivity index is 2.41. The number of carbonyl (C=O) groups excluding carboxylic acids is 2. The summed E-state index contributed by atoms with van der Waals surface area (Å²) in [5.74, 6) is -0.356. The van der Waals surface area contributed by atoms with Crippen molar-refractivity contribution >= 4 is 23.4 Å². The molecule has 0 unspecified atom stereocenters. The number of esters is 1. The lowest BCUT2D eigenvalue weighted by molar-refractivity contribution is 0.0600. The maximum absolute atomic E-state index is 12.5. The van der Waals surface area contributed by atoms with E-state index in [1.165, 1.54) is 7.11 Å². The number of methoxy groups -OCH3 is 1. The predicted molar refractivity (Wildman–Crippen MR) is 88.9 cm³/mol. The monoisotopic (exact) mass is 313 g/mol. The summed E-state index contributed by atoms with van der Waals surface area (Å²) in [6.45, 7) is 4.32. The number of nitrogens with one attached hydrogen (secondary N) is 2. The van der Waals surface area contributed by atoms with Crippen LogP contribution in [0.3, 0.4) is 0 Å². The zero-order chi connectivity index (χ0) is 16.8. The first kappa shape index (κ1) is 16.5. The summed E-state index contributed by atoms with van der Waals surface area (Å²) < 4.78 is 4.79. The molecule has 2 aromatic rings. The Labute approximate surface area is 134 Å². The van der Waals surface area contributed by atoms with Gasteiger partial charge in [0.1, 0.15) is 5.82 Å². The van der Waals surface area contributed by atoms with Crippen molar-refractivity contribution in [2.45, 2.75) is 13.8 Å². The molecule has 0 atom stereocenters. The van der Waals surface area contributed by atoms with E-state index < -0.39 is 5.97 Å². The topological polar surface area (TPSA) is 80.3 Å². The fourth-order valence-electron chi connectivity index (χ4n) is 2.20. The average Bonchev–Trinajstić information content (AvgIpc) is 2.56. The van der Waals surface area contributed by atoms with Gasteiger partial charge < -0.3 is 15.4 Å². The molecular formula is C17H19N3O3. The lowest BCUT2D eigenvalue weighted by Crippen LogP contribution is -2.17. The van der Waals surface area contributed by atoms with E-state index in [-0.39, 0.29) is 5.91 Å². The summed E-state index contributed by atoms with van der Waals surface area (Å²) in [5.41, 5.74) is 2.00. The zero-order valence-electron chi connectivity index (χ0n) is 13.3. The molecule has 6 heteroatoms. The molecule has 0 aliphatic heterocycles. The molecule has 0 saturated heterocycles. The Morgan fingerprint density at radius 2 is 1.96 bits per heavy atom. The Kier molecular flexibility index (Phi) is 5.30. The van der Waals surface area contributed by atoms with Crippen molar-refractivity contribution in [2.75, 3.05) is 24.3 Å². The molecule has 1 aromatic heterocycles. The van der Waals surface area contributed by atoms with Gasteiger partial charge in [-0.1, -0.05) is 6.07 Å². The number of ether oxygens (including phenoxy) is 1. The molecular weight excluding hydrogens is 294 g/mol. The van der Waals surface area contributed by atoms with E-state index in [9.17, 15) is 9.59 Å². The Morgan fingerprint density at radius 3 is 2.57 bits per heavy atom. The smallest absolute Gasteiger partial charge is 0.338 e. The van der Waals surface area contributed by atoms with Crippen molar-refractivity contribution in [1.29, 1.82) is 0 Å². The van der Waals surface area contributed by atoms with Crippen molar-refractivity contribution in [1.82, 2.24) is 4.98 Å². The van der Waals surface area contributed by atoms with Gasteiger partial charge in [-0.25, -0.2) is 9.78 Å². The van der Waals surface area contributed by atoms with E-state index in [1.54, 1.807) is 43.5 Å². The molecule has 1 aromatic carbocycles. The molecule has 23 heavy (non-hydrogen) atoms. The van der Waals surface area contributed by atoms with Gasteiger partial charge in [0.15, 0.2) is 0 Å². The maximum Gasteiger partial charge on any atom is 0.338 e. The molecule has 1 amide bonds. The van der Waals surface area contributed by atoms with Crippen LogP contribution in [0.15, 0.2) is 36.5 Å². The minimum Gasteiger partial charge on any atom is -0.465 e. The van der Waals surface area contributed by atoms with Gasteiger partial charge in [0.2, 0.25) is 0 Å². The van der Waals surface area contributed by atoms with Crippen molar-refractivity contribution in [3.05, 3.63) is 53.2 Å². The second-order valence-electron chi connectivity index (χ2n) is 4.89. The highest BCUT2D eigenvalue weighted by Gasteiger charge is 2.19. The van der Waals surface area contributed by atoms with Crippen LogP contribution >= 0.6 is 0 Å². The van der Waals surface area contributed by atoms with Crippen LogP contribution < -0.4 is 10.6 Å². The van der Waals surface area contributed by atoms with Gasteiger partial charge in [0.25, 0.3) is 5.91 Å². The Hall–Kier alpha value is -2.89. The number of amides is 1. The molecule has 2 rings (SSSR count). The minimum atomic E-state index is -0.478. The highest BCUT2D eigenvalue weighted by atomic mass is 16.5. The molecule has 0 spiro atoms. The summed E-state index contributed by atoms with van der Waals surface area (Å²) in [5, 5.41) is 5.83. The van der Waals surface area contributed by atoms with Crippen LogP contribution in [0.1, 0.15) is 33.2 Å². The first-order valence-electron chi connectivity index (χ1n) is 7.26. The van der Waals surface area contributed by atoms with Gasteiger partial charge in [0, 0.05) is 24.0 Å². The van der Waals surface area contributed by atoms with Crippen LogP contribution in [0.4, 0.5) is 11.5 Å². The van der Waals surface area contributed by atoms with Crippen molar-refractivity contribution in [3.8, 4) is 0 Å². The van der Waals surface area contributed by atoms with Crippen molar-refractivity contribution < 1.29 is 14.3 Å². The van der Waals surface area contributed by atoms with Crippen LogP contribution in [0, 0.1) is 6.92 Å². The molecule has 0 fully saturated rings. The van der Waals surface area contributed by atoms with E-state index in [0.717, 1.165) is 0 Å². The quantitative estimate of drug-likeness (QED) is 0.830. The molecule has 1 heterocycles. The highest BCUT2D eigenvalue weighted by Crippen LogP contribution is 2.22. The van der Waals surface area contributed by atoms with E-state index in [2.05, 4.69) is 15.6 Å². The number of benzene rings is 1. The second-order valence-corrected chi connectivity index (χ2v) is 4.89. The fraction of sp³-hybridized carbons (Fsp3) is 0.235. The van der Waals surface area contributed by atoms with Gasteiger partial charge >= 0.3 is 5.97 Å². The largest absolute Gasteiger partial charge is 0.465 e. The first-order valence-corrected chi connectivity index (χ1v) is 7.26. The zero-order valence-corrected chi connectivity index (χ0v) is 13.3. The summed E-state index contributed by atoms with van der Waals surface area (Å²) >= 11 is 0. The van der Waals surface area contributed by atoms with Gasteiger partial charge in [-0.3, -0.25) is 4.79 Å². The average molecular weight is 313 g/mol. The van der Waals surface area contributed by atoms with Crippen molar-refractivity contribution in [3.63, 3.8) is 0 Å². The standard InChI is InChI=1S/C17H19N3O3/c1-4-18-12-9-13(11(2)14(10-12)17(22)23-3)16(21)20-15-7-5-6-8-19-15/h5-10,18H,4H2,1-3H3,(H,19,20,21). The maximum atomic E-state index is 12.5. The van der Waals surface area contributed by atoms with E-state index >= 15 is 0 Å². The van der Waals surface area contributed by atoms with Crippen molar-refractivity contribution in [2.24, 2.45) is 0 Å². The number of nitrogens with zero attached hydrogens (tertiary/aromatic N) is 1. The Morgan fingerprint density at radius 1 is 1.22 bits per heavy atom. The SMILES string of the molecule is CCNc1cc(C(=O)Nc2ccccn2)c(C)c(C(=O)OC)c1. The number of pyridine rings is 1. The molecule has 120 valence electrons. The van der Waals surface area contributed by atoms with E-state index in [0.29, 0.717) is 34.7 Å². The number of rotatable bonds is 5. The first-order chi connectivity index (χ1) is 11.1. The fourth-order valence-corrected chi connectivity index (χ4v) is 2.20. The lowest BCUT2D eigenvalue weighted by Gasteiger charge is -2.14. The summed E-state index contributed by atoms with van der Waals surface area (Å²) in [6.07, 6.45) is 1.59.